The highest BCUT2D eigenvalue weighted by atomic mass is 19.1. The Balaban J connectivity index is 2.21. The number of nitrogens with one attached hydrogen (secondary N) is 2. The molecule has 0 fully saturated rings. The first-order valence-corrected chi connectivity index (χ1v) is 9.86. The van der Waals surface area contributed by atoms with Crippen molar-refractivity contribution in [3.8, 4) is 0 Å². The Hall–Kier alpha value is -2.89. The molecule has 0 spiro atoms. The van der Waals surface area contributed by atoms with Crippen molar-refractivity contribution < 1.29 is 14.0 Å². The second-order valence-corrected chi connectivity index (χ2v) is 7.87. The molecule has 0 aliphatic carbocycles. The van der Waals surface area contributed by atoms with Crippen LogP contribution in [-0.4, -0.2) is 24.9 Å². The van der Waals surface area contributed by atoms with Crippen LogP contribution >= 0.6 is 0 Å². The smallest absolute Gasteiger partial charge is 0.251 e. The van der Waals surface area contributed by atoms with Gasteiger partial charge in [-0.25, -0.2) is 4.39 Å². The first kappa shape index (κ1) is 22.4. The summed E-state index contributed by atoms with van der Waals surface area (Å²) in [4.78, 5) is 27.0. The zero-order valence-corrected chi connectivity index (χ0v) is 17.7. The van der Waals surface area contributed by atoms with Gasteiger partial charge in [0.05, 0.1) is 5.69 Å². The van der Waals surface area contributed by atoms with E-state index >= 15 is 0 Å². The first-order chi connectivity index (χ1) is 13.7. The van der Waals surface area contributed by atoms with Crippen LogP contribution in [0, 0.1) is 11.7 Å². The molecule has 0 saturated heterocycles. The number of amides is 2. The second kappa shape index (κ2) is 10.0. The van der Waals surface area contributed by atoms with Gasteiger partial charge in [0.25, 0.3) is 5.91 Å². The van der Waals surface area contributed by atoms with Crippen LogP contribution in [-0.2, 0) is 9.59 Å². The lowest BCUT2D eigenvalue weighted by Gasteiger charge is -2.25. The monoisotopic (exact) mass is 399 g/mol. The predicted molar refractivity (Wildman–Crippen MR) is 115 cm³/mol. The molecular formula is C23H30FN3O2. The molecule has 0 saturated carbocycles. The van der Waals surface area contributed by atoms with Gasteiger partial charge in [0.1, 0.15) is 11.9 Å². The van der Waals surface area contributed by atoms with E-state index in [1.807, 2.05) is 45.7 Å². The lowest BCUT2D eigenvalue weighted by atomic mass is 10.0. The van der Waals surface area contributed by atoms with Crippen molar-refractivity contribution in [1.29, 1.82) is 0 Å². The van der Waals surface area contributed by atoms with Crippen molar-refractivity contribution in [2.24, 2.45) is 5.92 Å². The summed E-state index contributed by atoms with van der Waals surface area (Å²) >= 11 is 0. The summed E-state index contributed by atoms with van der Waals surface area (Å²) in [7, 11) is 1.82. The van der Waals surface area contributed by atoms with Gasteiger partial charge in [-0.2, -0.15) is 0 Å². The normalized spacial score (nSPS) is 12.0. The SMILES string of the molecule is CC(C)CC(=O)NC(C(=O)Nc1ccc(N(C)C(C)C)c(F)c1)c1ccccc1. The fraction of sp³-hybridized carbons (Fsp3) is 0.391. The second-order valence-electron chi connectivity index (χ2n) is 7.87. The Labute approximate surface area is 172 Å². The molecule has 29 heavy (non-hydrogen) atoms. The van der Waals surface area contributed by atoms with Gasteiger partial charge in [-0.15, -0.1) is 0 Å². The molecule has 0 radical (unpaired) electrons. The van der Waals surface area contributed by atoms with E-state index in [4.69, 9.17) is 0 Å². The topological polar surface area (TPSA) is 61.4 Å². The van der Waals surface area contributed by atoms with Gasteiger partial charge in [0.2, 0.25) is 5.91 Å². The highest BCUT2D eigenvalue weighted by Gasteiger charge is 2.23. The van der Waals surface area contributed by atoms with Crippen LogP contribution < -0.4 is 15.5 Å². The van der Waals surface area contributed by atoms with Gasteiger partial charge in [-0.3, -0.25) is 9.59 Å². The van der Waals surface area contributed by atoms with E-state index in [9.17, 15) is 14.0 Å². The van der Waals surface area contributed by atoms with E-state index in [0.29, 0.717) is 23.4 Å². The lowest BCUT2D eigenvalue weighted by molar-refractivity contribution is -0.127. The number of rotatable bonds is 8. The van der Waals surface area contributed by atoms with Crippen LogP contribution in [0.25, 0.3) is 0 Å². The van der Waals surface area contributed by atoms with Crippen molar-refractivity contribution in [3.63, 3.8) is 0 Å². The molecule has 156 valence electrons. The minimum atomic E-state index is -0.858. The third-order valence-corrected chi connectivity index (χ3v) is 4.66. The van der Waals surface area contributed by atoms with Crippen LogP contribution in [0.3, 0.4) is 0 Å². The van der Waals surface area contributed by atoms with E-state index in [1.54, 1.807) is 36.4 Å². The Bertz CT molecular complexity index is 837. The van der Waals surface area contributed by atoms with Crippen LogP contribution in [0.4, 0.5) is 15.8 Å². The summed E-state index contributed by atoms with van der Waals surface area (Å²) in [6.07, 6.45) is 0.321. The fourth-order valence-electron chi connectivity index (χ4n) is 2.90. The van der Waals surface area contributed by atoms with Gasteiger partial charge < -0.3 is 15.5 Å². The number of hydrogen-bond donors (Lipinski definition) is 2. The zero-order chi connectivity index (χ0) is 21.6. The van der Waals surface area contributed by atoms with E-state index in [0.717, 1.165) is 0 Å². The maximum absolute atomic E-state index is 14.5. The zero-order valence-electron chi connectivity index (χ0n) is 17.7. The minimum absolute atomic E-state index is 0.142. The van der Waals surface area contributed by atoms with Crippen LogP contribution in [0.15, 0.2) is 48.5 Å². The standard InChI is InChI=1S/C23H30FN3O2/c1-15(2)13-21(28)26-22(17-9-7-6-8-10-17)23(29)25-18-11-12-20(19(24)14-18)27(5)16(3)4/h6-12,14-16,22H,13H2,1-5H3,(H,25,29)(H,26,28). The summed E-state index contributed by atoms with van der Waals surface area (Å²) < 4.78 is 14.5. The molecule has 2 N–H and O–H groups in total. The molecule has 2 aromatic rings. The molecule has 0 aromatic heterocycles. The van der Waals surface area contributed by atoms with Crippen LogP contribution in [0.2, 0.25) is 0 Å². The quantitative estimate of drug-likeness (QED) is 0.686. The summed E-state index contributed by atoms with van der Waals surface area (Å²) in [5.74, 6) is -0.866. The predicted octanol–water partition coefficient (Wildman–Crippen LogP) is 4.51. The van der Waals surface area contributed by atoms with Crippen molar-refractivity contribution >= 4 is 23.2 Å². The van der Waals surface area contributed by atoms with Gasteiger partial charge >= 0.3 is 0 Å². The van der Waals surface area contributed by atoms with Crippen LogP contribution in [0.1, 0.15) is 45.7 Å². The largest absolute Gasteiger partial charge is 0.370 e. The van der Waals surface area contributed by atoms with Gasteiger partial charge in [-0.05, 0) is 43.5 Å². The molecule has 2 aromatic carbocycles. The number of benzene rings is 2. The Morgan fingerprint density at radius 1 is 1.03 bits per heavy atom. The fourth-order valence-corrected chi connectivity index (χ4v) is 2.90. The van der Waals surface area contributed by atoms with Crippen LogP contribution in [0.5, 0.6) is 0 Å². The molecule has 5 nitrogen and oxygen atoms in total. The van der Waals surface area contributed by atoms with E-state index in [-0.39, 0.29) is 17.9 Å². The maximum Gasteiger partial charge on any atom is 0.251 e. The van der Waals surface area contributed by atoms with Crippen molar-refractivity contribution in [3.05, 3.63) is 59.9 Å². The van der Waals surface area contributed by atoms with Gasteiger partial charge in [-0.1, -0.05) is 44.2 Å². The first-order valence-electron chi connectivity index (χ1n) is 9.86. The Morgan fingerprint density at radius 3 is 2.24 bits per heavy atom. The molecule has 1 atom stereocenters. The third kappa shape index (κ3) is 6.31. The Kier molecular flexibility index (Phi) is 7.76. The number of carbonyl (C=O) groups is 2. The van der Waals surface area contributed by atoms with E-state index < -0.39 is 17.8 Å². The van der Waals surface area contributed by atoms with Crippen molar-refractivity contribution in [2.45, 2.75) is 46.2 Å². The van der Waals surface area contributed by atoms with E-state index in [2.05, 4.69) is 10.6 Å². The molecular weight excluding hydrogens is 369 g/mol. The highest BCUT2D eigenvalue weighted by molar-refractivity contribution is 5.98. The molecule has 0 bridgehead atoms. The number of hydrogen-bond acceptors (Lipinski definition) is 3. The number of halogens is 1. The summed E-state index contributed by atoms with van der Waals surface area (Å²) in [6.45, 7) is 7.82. The summed E-state index contributed by atoms with van der Waals surface area (Å²) in [6, 6.07) is 12.9. The average molecular weight is 400 g/mol. The number of anilines is 2. The minimum Gasteiger partial charge on any atom is -0.370 e. The van der Waals surface area contributed by atoms with Gasteiger partial charge in [0, 0.05) is 25.2 Å². The Morgan fingerprint density at radius 2 is 1.69 bits per heavy atom. The molecule has 2 rings (SSSR count). The van der Waals surface area contributed by atoms with Crippen molar-refractivity contribution in [2.75, 3.05) is 17.3 Å². The maximum atomic E-state index is 14.5. The molecule has 6 heteroatoms. The summed E-state index contributed by atoms with van der Waals surface area (Å²) in [5, 5.41) is 5.51. The number of carbonyl (C=O) groups excluding carboxylic acids is 2. The molecule has 1 unspecified atom stereocenters. The molecule has 0 aliphatic heterocycles. The summed E-state index contributed by atoms with van der Waals surface area (Å²) in [5.41, 5.74) is 1.47. The highest BCUT2D eigenvalue weighted by Crippen LogP contribution is 2.24. The number of nitrogens with zero attached hydrogens (tertiary/aromatic N) is 1. The average Bonchev–Trinajstić information content (AvgIpc) is 2.65. The van der Waals surface area contributed by atoms with E-state index in [1.165, 1.54) is 6.07 Å². The third-order valence-electron chi connectivity index (χ3n) is 4.66. The molecule has 0 heterocycles. The molecule has 0 aliphatic rings. The lowest BCUT2D eigenvalue weighted by Crippen LogP contribution is -2.37. The van der Waals surface area contributed by atoms with Gasteiger partial charge in [0.15, 0.2) is 0 Å². The van der Waals surface area contributed by atoms with Crippen molar-refractivity contribution in [1.82, 2.24) is 5.32 Å². The molecule has 2 amide bonds.